The number of aliphatic hydroxyl groups is 1. The van der Waals surface area contributed by atoms with Crippen LogP contribution in [0.4, 0.5) is 26.3 Å². The van der Waals surface area contributed by atoms with Gasteiger partial charge in [0.2, 0.25) is 0 Å². The third kappa shape index (κ3) is 5.24. The van der Waals surface area contributed by atoms with E-state index in [1.165, 1.54) is 5.57 Å². The van der Waals surface area contributed by atoms with E-state index < -0.39 is 31.2 Å². The second-order valence-corrected chi connectivity index (χ2v) is 9.30. The molecule has 0 aliphatic heterocycles. The lowest BCUT2D eigenvalue weighted by atomic mass is 9.60. The molecule has 0 aromatic carbocycles. The maximum Gasteiger partial charge on any atom is 0.426 e. The molecule has 2 aliphatic rings. The largest absolute Gasteiger partial charge is 0.426 e. The van der Waals surface area contributed by atoms with Crippen molar-refractivity contribution in [2.75, 3.05) is 20.5 Å². The predicted octanol–water partition coefficient (Wildman–Crippen LogP) is 6.41. The first-order chi connectivity index (χ1) is 14.3. The zero-order valence-electron chi connectivity index (χ0n) is 18.4. The third-order valence-electron chi connectivity index (χ3n) is 7.61. The highest BCUT2D eigenvalue weighted by atomic mass is 19.4. The first-order valence-electron chi connectivity index (χ1n) is 10.9. The molecule has 2 aliphatic carbocycles. The lowest BCUT2D eigenvalue weighted by Gasteiger charge is -2.44. The standard InChI is InChI=1S/C22H34F6O3/c1-15(17-8-9-18-16(10-13-29)7-5-11-19(17,18)2)6-4-12-20(21(23,24)25,22(26,27)28)31-14-30-3/h10,15,17-18,29H,4-9,11-14H2,1-3H3/t15-,17-,18+,19-/m1/s1. The van der Waals surface area contributed by atoms with Crippen LogP contribution in [0.15, 0.2) is 11.6 Å². The molecular weight excluding hydrogens is 426 g/mol. The maximum atomic E-state index is 13.5. The molecule has 2 fully saturated rings. The second-order valence-electron chi connectivity index (χ2n) is 9.30. The van der Waals surface area contributed by atoms with Gasteiger partial charge in [-0.25, -0.2) is 0 Å². The number of alkyl halides is 6. The monoisotopic (exact) mass is 460 g/mol. The van der Waals surface area contributed by atoms with Crippen LogP contribution < -0.4 is 0 Å². The van der Waals surface area contributed by atoms with Crippen LogP contribution in [0.5, 0.6) is 0 Å². The minimum Gasteiger partial charge on any atom is -0.392 e. The Labute approximate surface area is 180 Å². The molecule has 4 atom stereocenters. The Morgan fingerprint density at radius 3 is 2.35 bits per heavy atom. The van der Waals surface area contributed by atoms with Crippen LogP contribution in [0.2, 0.25) is 0 Å². The van der Waals surface area contributed by atoms with Gasteiger partial charge in [-0.2, -0.15) is 26.3 Å². The number of rotatable bonds is 9. The molecule has 1 N–H and O–H groups in total. The van der Waals surface area contributed by atoms with Crippen LogP contribution in [0.3, 0.4) is 0 Å². The zero-order valence-corrected chi connectivity index (χ0v) is 18.4. The van der Waals surface area contributed by atoms with Gasteiger partial charge in [-0.1, -0.05) is 31.9 Å². The van der Waals surface area contributed by atoms with Gasteiger partial charge in [0, 0.05) is 7.11 Å². The van der Waals surface area contributed by atoms with Crippen molar-refractivity contribution in [3.05, 3.63) is 11.6 Å². The summed E-state index contributed by atoms with van der Waals surface area (Å²) in [5, 5.41) is 9.30. The predicted molar refractivity (Wildman–Crippen MR) is 104 cm³/mol. The normalized spacial score (nSPS) is 29.9. The minimum absolute atomic E-state index is 0.00920. The zero-order chi connectivity index (χ0) is 23.5. The number of ether oxygens (including phenoxy) is 2. The fourth-order valence-corrected chi connectivity index (χ4v) is 6.09. The summed E-state index contributed by atoms with van der Waals surface area (Å²) in [6.45, 7) is 3.02. The van der Waals surface area contributed by atoms with Crippen LogP contribution in [-0.4, -0.2) is 43.6 Å². The van der Waals surface area contributed by atoms with E-state index >= 15 is 0 Å². The van der Waals surface area contributed by atoms with E-state index in [-0.39, 0.29) is 36.7 Å². The topological polar surface area (TPSA) is 38.7 Å². The Morgan fingerprint density at radius 1 is 1.16 bits per heavy atom. The Hall–Kier alpha value is -0.800. The molecule has 0 bridgehead atoms. The lowest BCUT2D eigenvalue weighted by molar-refractivity contribution is -0.394. The van der Waals surface area contributed by atoms with E-state index in [1.54, 1.807) is 0 Å². The second kappa shape index (κ2) is 10.00. The Morgan fingerprint density at radius 2 is 1.81 bits per heavy atom. The molecule has 182 valence electrons. The number of halogens is 6. The average molecular weight is 460 g/mol. The van der Waals surface area contributed by atoms with Crippen molar-refractivity contribution < 1.29 is 40.9 Å². The highest BCUT2D eigenvalue weighted by Crippen LogP contribution is 2.60. The highest BCUT2D eigenvalue weighted by molar-refractivity contribution is 5.18. The average Bonchev–Trinajstić information content (AvgIpc) is 3.00. The van der Waals surface area contributed by atoms with Crippen molar-refractivity contribution in [1.29, 1.82) is 0 Å². The van der Waals surface area contributed by atoms with Crippen molar-refractivity contribution >= 4 is 0 Å². The Kier molecular flexibility index (Phi) is 8.53. The summed E-state index contributed by atoms with van der Waals surface area (Å²) < 4.78 is 89.6. The van der Waals surface area contributed by atoms with Crippen molar-refractivity contribution in [2.45, 2.75) is 83.2 Å². The van der Waals surface area contributed by atoms with Gasteiger partial charge in [-0.15, -0.1) is 0 Å². The number of hydrogen-bond acceptors (Lipinski definition) is 3. The molecule has 2 saturated carbocycles. The molecule has 0 radical (unpaired) electrons. The smallest absolute Gasteiger partial charge is 0.392 e. The van der Waals surface area contributed by atoms with E-state index in [0.29, 0.717) is 5.92 Å². The molecule has 3 nitrogen and oxygen atoms in total. The molecule has 0 aromatic rings. The van der Waals surface area contributed by atoms with Crippen LogP contribution in [0, 0.1) is 23.2 Å². The minimum atomic E-state index is -5.59. The van der Waals surface area contributed by atoms with Gasteiger partial charge in [0.1, 0.15) is 6.79 Å². The molecule has 9 heteroatoms. The van der Waals surface area contributed by atoms with Crippen LogP contribution in [0.1, 0.15) is 65.2 Å². The van der Waals surface area contributed by atoms with Crippen molar-refractivity contribution in [2.24, 2.45) is 23.2 Å². The number of allylic oxidation sites excluding steroid dienone is 1. The summed E-state index contributed by atoms with van der Waals surface area (Å²) in [5.74, 6) is 0.548. The summed E-state index contributed by atoms with van der Waals surface area (Å²) in [7, 11) is 0.987. The molecule has 0 spiro atoms. The highest BCUT2D eigenvalue weighted by Gasteiger charge is 2.71. The first kappa shape index (κ1) is 26.5. The number of fused-ring (bicyclic) bond motifs is 1. The van der Waals surface area contributed by atoms with Gasteiger partial charge in [-0.05, 0) is 68.1 Å². The Balaban J connectivity index is 2.10. The van der Waals surface area contributed by atoms with Crippen LogP contribution >= 0.6 is 0 Å². The van der Waals surface area contributed by atoms with E-state index in [1.807, 2.05) is 13.0 Å². The van der Waals surface area contributed by atoms with Crippen molar-refractivity contribution in [3.63, 3.8) is 0 Å². The summed E-state index contributed by atoms with van der Waals surface area (Å²) in [6, 6.07) is 0. The molecule has 31 heavy (non-hydrogen) atoms. The first-order valence-corrected chi connectivity index (χ1v) is 10.9. The molecule has 0 amide bonds. The van der Waals surface area contributed by atoms with Gasteiger partial charge < -0.3 is 14.6 Å². The van der Waals surface area contributed by atoms with Crippen molar-refractivity contribution in [1.82, 2.24) is 0 Å². The van der Waals surface area contributed by atoms with Gasteiger partial charge in [0.25, 0.3) is 5.60 Å². The SMILES string of the molecule is COCOC(CCC[C@@H](C)[C@H]1CC[C@H]2C(=CCO)CCC[C@]12C)(C(F)(F)F)C(F)(F)F. The summed E-state index contributed by atoms with van der Waals surface area (Å²) in [6.07, 6.45) is -5.73. The van der Waals surface area contributed by atoms with Gasteiger partial charge in [-0.3, -0.25) is 0 Å². The van der Waals surface area contributed by atoms with Gasteiger partial charge in [0.15, 0.2) is 0 Å². The van der Waals surface area contributed by atoms with Gasteiger partial charge >= 0.3 is 12.4 Å². The number of aliphatic hydroxyl groups excluding tert-OH is 1. The summed E-state index contributed by atoms with van der Waals surface area (Å²) in [4.78, 5) is 0. The van der Waals surface area contributed by atoms with E-state index in [0.717, 1.165) is 39.2 Å². The Bertz CT molecular complexity index is 601. The number of hydrogen-bond donors (Lipinski definition) is 1. The van der Waals surface area contributed by atoms with E-state index in [2.05, 4.69) is 16.4 Å². The quantitative estimate of drug-likeness (QED) is 0.245. The van der Waals surface area contributed by atoms with E-state index in [4.69, 9.17) is 0 Å². The third-order valence-corrected chi connectivity index (χ3v) is 7.61. The fraction of sp³-hybridized carbons (Fsp3) is 0.909. The molecule has 0 unspecified atom stereocenters. The number of methoxy groups -OCH3 is 1. The van der Waals surface area contributed by atoms with Crippen LogP contribution in [-0.2, 0) is 9.47 Å². The molecule has 0 heterocycles. The molecule has 0 saturated heterocycles. The molecule has 0 aromatic heterocycles. The van der Waals surface area contributed by atoms with Crippen molar-refractivity contribution in [3.8, 4) is 0 Å². The summed E-state index contributed by atoms with van der Waals surface area (Å²) in [5.41, 5.74) is -3.01. The van der Waals surface area contributed by atoms with Gasteiger partial charge in [0.05, 0.1) is 6.61 Å². The van der Waals surface area contributed by atoms with Crippen LogP contribution in [0.25, 0.3) is 0 Å². The lowest BCUT2D eigenvalue weighted by Crippen LogP contribution is -2.59. The molecular formula is C22H34F6O3. The fourth-order valence-electron chi connectivity index (χ4n) is 6.09. The summed E-state index contributed by atoms with van der Waals surface area (Å²) >= 11 is 0. The molecule has 2 rings (SSSR count). The maximum absolute atomic E-state index is 13.5. The van der Waals surface area contributed by atoms with E-state index in [9.17, 15) is 31.4 Å².